The highest BCUT2D eigenvalue weighted by Crippen LogP contribution is 2.38. The van der Waals surface area contributed by atoms with Crippen molar-refractivity contribution in [2.75, 3.05) is 14.7 Å². The minimum atomic E-state index is -0.588. The Morgan fingerprint density at radius 2 is 0.544 bits per heavy atom. The molecule has 0 radical (unpaired) electrons. The summed E-state index contributed by atoms with van der Waals surface area (Å²) < 4.78 is 0. The molecule has 6 N–H and O–H groups in total. The van der Waals surface area contributed by atoms with Gasteiger partial charge in [-0.2, -0.15) is 0 Å². The van der Waals surface area contributed by atoms with Gasteiger partial charge < -0.3 is 17.2 Å². The van der Waals surface area contributed by atoms with E-state index >= 15 is 0 Å². The summed E-state index contributed by atoms with van der Waals surface area (Å²) >= 11 is 0. The highest BCUT2D eigenvalue weighted by Gasteiger charge is 2.30. The summed E-state index contributed by atoms with van der Waals surface area (Å²) in [5.74, 6) is -0.0228. The van der Waals surface area contributed by atoms with Crippen LogP contribution in [0.15, 0.2) is 146 Å². The number of carbonyl (C=O) groups is 6. The van der Waals surface area contributed by atoms with Crippen LogP contribution in [0.4, 0.5) is 48.5 Å². The molecule has 0 bridgehead atoms. The van der Waals surface area contributed by atoms with Crippen LogP contribution in [-0.4, -0.2) is 35.4 Å². The molecular formula is C45H36N6O6. The molecule has 0 aromatic heterocycles. The largest absolute Gasteiger partial charge is 0.351 e. The third-order valence-corrected chi connectivity index (χ3v) is 9.75. The third-order valence-electron chi connectivity index (χ3n) is 9.75. The van der Waals surface area contributed by atoms with Crippen molar-refractivity contribution < 1.29 is 28.8 Å². The van der Waals surface area contributed by atoms with Crippen molar-refractivity contribution in [3.05, 3.63) is 179 Å². The number of para-hydroxylation sites is 6. The van der Waals surface area contributed by atoms with Gasteiger partial charge in [0.15, 0.2) is 17.3 Å². The highest BCUT2D eigenvalue weighted by atomic mass is 16.2. The van der Waals surface area contributed by atoms with E-state index in [4.69, 9.17) is 17.2 Å². The van der Waals surface area contributed by atoms with Crippen molar-refractivity contribution in [3.8, 4) is 0 Å². The number of carbonyl (C=O) groups excluding carboxylic acids is 6. The van der Waals surface area contributed by atoms with Crippen LogP contribution in [0.2, 0.25) is 0 Å². The first-order valence-electron chi connectivity index (χ1n) is 17.9. The van der Waals surface area contributed by atoms with E-state index < -0.39 is 18.1 Å². The van der Waals surface area contributed by atoms with E-state index in [1.807, 2.05) is 54.6 Å². The number of hydrogen-bond acceptors (Lipinski definition) is 6. The molecule has 6 aromatic rings. The molecular weight excluding hydrogens is 721 g/mol. The van der Waals surface area contributed by atoms with Crippen molar-refractivity contribution in [1.82, 2.24) is 0 Å². The fourth-order valence-corrected chi connectivity index (χ4v) is 7.25. The van der Waals surface area contributed by atoms with Crippen LogP contribution in [0.5, 0.6) is 0 Å². The van der Waals surface area contributed by atoms with Gasteiger partial charge in [-0.25, -0.2) is 14.4 Å². The standard InChI is InChI=1S/3C15H12N2O2/c3*16-15(19)17-12-7-3-1-5-10(12)9-14(18)11-6-2-4-8-13(11)17/h3*1-8H,9H2,(H2,16,19). The predicted octanol–water partition coefficient (Wildman–Crippen LogP) is 7.93. The molecule has 0 spiro atoms. The number of amides is 6. The zero-order chi connectivity index (χ0) is 40.2. The second-order valence-corrected chi connectivity index (χ2v) is 13.3. The number of benzene rings is 6. The monoisotopic (exact) mass is 756 g/mol. The summed E-state index contributed by atoms with van der Waals surface area (Å²) in [6, 6.07) is 41.3. The average Bonchev–Trinajstić information content (AvgIpc) is 3.49. The van der Waals surface area contributed by atoms with Crippen molar-refractivity contribution in [3.63, 3.8) is 0 Å². The zero-order valence-electron chi connectivity index (χ0n) is 30.5. The van der Waals surface area contributed by atoms with Gasteiger partial charge in [0.2, 0.25) is 0 Å². The molecule has 282 valence electrons. The summed E-state index contributed by atoms with van der Waals surface area (Å²) in [5.41, 5.74) is 24.1. The Hall–Kier alpha value is -7.86. The number of rotatable bonds is 0. The maximum atomic E-state index is 12.3. The van der Waals surface area contributed by atoms with Crippen LogP contribution >= 0.6 is 0 Å². The molecule has 12 nitrogen and oxygen atoms in total. The van der Waals surface area contributed by atoms with Gasteiger partial charge in [0.25, 0.3) is 0 Å². The van der Waals surface area contributed by atoms with Crippen LogP contribution in [0.3, 0.4) is 0 Å². The van der Waals surface area contributed by atoms with E-state index in [0.29, 0.717) is 50.8 Å². The summed E-state index contributed by atoms with van der Waals surface area (Å²) in [7, 11) is 0. The molecule has 3 heterocycles. The number of primary amides is 3. The Kier molecular flexibility index (Phi) is 10.4. The topological polar surface area (TPSA) is 190 Å². The molecule has 0 saturated carbocycles. The summed E-state index contributed by atoms with van der Waals surface area (Å²) in [4.78, 5) is 76.3. The molecule has 0 saturated heterocycles. The molecule has 57 heavy (non-hydrogen) atoms. The zero-order valence-corrected chi connectivity index (χ0v) is 30.5. The molecule has 3 aliphatic rings. The van der Waals surface area contributed by atoms with Crippen LogP contribution in [0, 0.1) is 0 Å². The van der Waals surface area contributed by atoms with E-state index in [2.05, 4.69) is 0 Å². The Labute approximate surface area is 327 Å². The van der Waals surface area contributed by atoms with E-state index in [1.54, 1.807) is 91.0 Å². The van der Waals surface area contributed by atoms with Gasteiger partial charge in [-0.1, -0.05) is 91.0 Å². The third kappa shape index (κ3) is 7.34. The lowest BCUT2D eigenvalue weighted by atomic mass is 10.0. The van der Waals surface area contributed by atoms with Crippen molar-refractivity contribution in [2.24, 2.45) is 17.2 Å². The Morgan fingerprint density at radius 3 is 0.789 bits per heavy atom. The summed E-state index contributed by atoms with van der Waals surface area (Å²) in [5, 5.41) is 0. The lowest BCUT2D eigenvalue weighted by Crippen LogP contribution is -2.32. The van der Waals surface area contributed by atoms with Crippen molar-refractivity contribution >= 4 is 69.6 Å². The van der Waals surface area contributed by atoms with Crippen LogP contribution in [0.1, 0.15) is 47.8 Å². The number of ketones is 3. The molecule has 6 amide bonds. The minimum Gasteiger partial charge on any atom is -0.351 e. The number of hydrogen-bond donors (Lipinski definition) is 3. The molecule has 6 aromatic carbocycles. The Bertz CT molecular complexity index is 2320. The molecule has 12 heteroatoms. The fourth-order valence-electron chi connectivity index (χ4n) is 7.25. The van der Waals surface area contributed by atoms with Crippen LogP contribution < -0.4 is 31.9 Å². The van der Waals surface area contributed by atoms with E-state index in [0.717, 1.165) is 16.7 Å². The minimum absolute atomic E-state index is 0.00759. The highest BCUT2D eigenvalue weighted by molar-refractivity contribution is 6.14. The molecule has 0 atom stereocenters. The number of nitrogens with two attached hydrogens (primary N) is 3. The molecule has 0 fully saturated rings. The van der Waals surface area contributed by atoms with Gasteiger partial charge >= 0.3 is 18.1 Å². The molecule has 0 unspecified atom stereocenters. The average molecular weight is 757 g/mol. The molecule has 0 aliphatic carbocycles. The first kappa shape index (κ1) is 37.5. The smallest absolute Gasteiger partial charge is 0.323 e. The Morgan fingerprint density at radius 1 is 0.333 bits per heavy atom. The number of nitrogens with zero attached hydrogens (tertiary/aromatic N) is 3. The SMILES string of the molecule is NC(=O)N1c2ccccc2CC(=O)c2ccccc21.NC(=O)N1c2ccccc2CC(=O)c2ccccc21.NC(=O)N1c2ccccc2CC(=O)c2ccccc21. The van der Waals surface area contributed by atoms with E-state index in [1.165, 1.54) is 14.7 Å². The lowest BCUT2D eigenvalue weighted by Gasteiger charge is -2.22. The van der Waals surface area contributed by atoms with Gasteiger partial charge in [-0.05, 0) is 71.3 Å². The van der Waals surface area contributed by atoms with Gasteiger partial charge in [-0.15, -0.1) is 0 Å². The predicted molar refractivity (Wildman–Crippen MR) is 218 cm³/mol. The normalized spacial score (nSPS) is 13.5. The second kappa shape index (κ2) is 15.9. The van der Waals surface area contributed by atoms with E-state index in [-0.39, 0.29) is 36.6 Å². The summed E-state index contributed by atoms with van der Waals surface area (Å²) in [6.07, 6.45) is 0.824. The first-order chi connectivity index (χ1) is 27.5. The number of Topliss-reactive ketones (excluding diaryl/α,β-unsaturated/α-hetero) is 3. The van der Waals surface area contributed by atoms with Crippen molar-refractivity contribution in [1.29, 1.82) is 0 Å². The van der Waals surface area contributed by atoms with Gasteiger partial charge in [0, 0.05) is 36.0 Å². The van der Waals surface area contributed by atoms with Crippen LogP contribution in [-0.2, 0) is 19.3 Å². The van der Waals surface area contributed by atoms with Gasteiger partial charge in [0.1, 0.15) is 0 Å². The maximum Gasteiger partial charge on any atom is 0.323 e. The van der Waals surface area contributed by atoms with Gasteiger partial charge in [0.05, 0.1) is 34.1 Å². The quantitative estimate of drug-likeness (QED) is 0.141. The summed E-state index contributed by atoms with van der Waals surface area (Å²) in [6.45, 7) is 0. The Balaban J connectivity index is 0.000000131. The second-order valence-electron chi connectivity index (χ2n) is 13.3. The first-order valence-corrected chi connectivity index (χ1v) is 17.9. The molecule has 9 rings (SSSR count). The lowest BCUT2D eigenvalue weighted by molar-refractivity contribution is 0.0986. The van der Waals surface area contributed by atoms with E-state index in [9.17, 15) is 28.8 Å². The van der Waals surface area contributed by atoms with Gasteiger partial charge in [-0.3, -0.25) is 29.1 Å². The molecule has 3 aliphatic heterocycles. The van der Waals surface area contributed by atoms with Crippen molar-refractivity contribution in [2.45, 2.75) is 19.3 Å². The fraction of sp³-hybridized carbons (Fsp3) is 0.0667. The number of fused-ring (bicyclic) bond motifs is 6. The van der Waals surface area contributed by atoms with Crippen LogP contribution in [0.25, 0.3) is 0 Å². The number of anilines is 6. The number of urea groups is 3. The maximum absolute atomic E-state index is 12.3.